The van der Waals surface area contributed by atoms with Crippen molar-refractivity contribution in [1.82, 2.24) is 4.98 Å². The number of pyridine rings is 1. The van der Waals surface area contributed by atoms with Crippen LogP contribution in [0.4, 0.5) is 5.69 Å². The van der Waals surface area contributed by atoms with Crippen LogP contribution in [0.25, 0.3) is 0 Å². The second-order valence-corrected chi connectivity index (χ2v) is 7.10. The summed E-state index contributed by atoms with van der Waals surface area (Å²) < 4.78 is 0.811. The molecule has 0 aliphatic carbocycles. The SMILES string of the molecule is Cc1ncccc1NC(c1cccs1)c1ccc(Cl)s1. The van der Waals surface area contributed by atoms with E-state index >= 15 is 0 Å². The Morgan fingerprint density at radius 2 is 2.05 bits per heavy atom. The molecule has 0 aliphatic heterocycles. The van der Waals surface area contributed by atoms with E-state index in [1.807, 2.05) is 25.3 Å². The second kappa shape index (κ2) is 5.95. The summed E-state index contributed by atoms with van der Waals surface area (Å²) in [6.45, 7) is 2.01. The van der Waals surface area contributed by atoms with Gasteiger partial charge < -0.3 is 5.32 Å². The van der Waals surface area contributed by atoms with E-state index in [-0.39, 0.29) is 6.04 Å². The van der Waals surface area contributed by atoms with E-state index in [9.17, 15) is 0 Å². The van der Waals surface area contributed by atoms with Crippen LogP contribution in [-0.4, -0.2) is 4.98 Å². The van der Waals surface area contributed by atoms with Crippen LogP contribution in [0, 0.1) is 6.92 Å². The lowest BCUT2D eigenvalue weighted by Crippen LogP contribution is -2.10. The fraction of sp³-hybridized carbons (Fsp3) is 0.133. The van der Waals surface area contributed by atoms with Crippen molar-refractivity contribution in [1.29, 1.82) is 0 Å². The third-order valence-electron chi connectivity index (χ3n) is 3.01. The molecule has 0 fully saturated rings. The van der Waals surface area contributed by atoms with Gasteiger partial charge in [-0.2, -0.15) is 0 Å². The number of anilines is 1. The highest BCUT2D eigenvalue weighted by atomic mass is 35.5. The Kier molecular flexibility index (Phi) is 4.05. The first-order chi connectivity index (χ1) is 9.74. The van der Waals surface area contributed by atoms with E-state index in [1.54, 1.807) is 22.7 Å². The van der Waals surface area contributed by atoms with Crippen molar-refractivity contribution >= 4 is 40.0 Å². The van der Waals surface area contributed by atoms with E-state index in [2.05, 4.69) is 39.9 Å². The van der Waals surface area contributed by atoms with Gasteiger partial charge in [0, 0.05) is 16.0 Å². The van der Waals surface area contributed by atoms with Crippen LogP contribution in [-0.2, 0) is 0 Å². The number of rotatable bonds is 4. The number of thiophene rings is 2. The summed E-state index contributed by atoms with van der Waals surface area (Å²) >= 11 is 9.43. The minimum atomic E-state index is 0.121. The molecule has 0 spiro atoms. The average molecular weight is 321 g/mol. The van der Waals surface area contributed by atoms with Crippen molar-refractivity contribution in [2.45, 2.75) is 13.0 Å². The van der Waals surface area contributed by atoms with Gasteiger partial charge in [0.15, 0.2) is 0 Å². The first-order valence-electron chi connectivity index (χ1n) is 6.21. The molecule has 0 aliphatic rings. The van der Waals surface area contributed by atoms with Crippen LogP contribution < -0.4 is 5.32 Å². The normalized spacial score (nSPS) is 12.3. The van der Waals surface area contributed by atoms with Crippen LogP contribution >= 0.6 is 34.3 Å². The molecule has 3 rings (SSSR count). The third kappa shape index (κ3) is 2.87. The molecule has 20 heavy (non-hydrogen) atoms. The molecule has 2 nitrogen and oxygen atoms in total. The third-order valence-corrected chi connectivity index (χ3v) is 5.25. The smallest absolute Gasteiger partial charge is 0.0954 e. The summed E-state index contributed by atoms with van der Waals surface area (Å²) in [6.07, 6.45) is 1.81. The molecular formula is C15H13ClN2S2. The van der Waals surface area contributed by atoms with Gasteiger partial charge in [0.2, 0.25) is 0 Å². The highest BCUT2D eigenvalue weighted by molar-refractivity contribution is 7.16. The van der Waals surface area contributed by atoms with Crippen molar-refractivity contribution in [3.8, 4) is 0 Å². The summed E-state index contributed by atoms with van der Waals surface area (Å²) in [5.74, 6) is 0. The van der Waals surface area contributed by atoms with Crippen molar-refractivity contribution in [3.05, 3.63) is 67.8 Å². The Morgan fingerprint density at radius 1 is 1.15 bits per heavy atom. The number of hydrogen-bond acceptors (Lipinski definition) is 4. The van der Waals surface area contributed by atoms with Gasteiger partial charge >= 0.3 is 0 Å². The van der Waals surface area contributed by atoms with Gasteiger partial charge in [0.25, 0.3) is 0 Å². The van der Waals surface area contributed by atoms with Crippen molar-refractivity contribution in [2.24, 2.45) is 0 Å². The van der Waals surface area contributed by atoms with Gasteiger partial charge in [0.1, 0.15) is 0 Å². The maximum atomic E-state index is 6.08. The monoisotopic (exact) mass is 320 g/mol. The van der Waals surface area contributed by atoms with E-state index in [0.29, 0.717) is 0 Å². The lowest BCUT2D eigenvalue weighted by atomic mass is 10.2. The molecule has 0 saturated heterocycles. The highest BCUT2D eigenvalue weighted by Gasteiger charge is 2.18. The molecule has 0 saturated carbocycles. The lowest BCUT2D eigenvalue weighted by molar-refractivity contribution is 0.981. The summed E-state index contributed by atoms with van der Waals surface area (Å²) in [7, 11) is 0. The molecular weight excluding hydrogens is 308 g/mol. The number of halogens is 1. The number of aryl methyl sites for hydroxylation is 1. The Morgan fingerprint density at radius 3 is 2.70 bits per heavy atom. The quantitative estimate of drug-likeness (QED) is 0.699. The Labute approximate surface area is 131 Å². The average Bonchev–Trinajstić information content (AvgIpc) is 3.09. The number of nitrogens with one attached hydrogen (secondary N) is 1. The highest BCUT2D eigenvalue weighted by Crippen LogP contribution is 2.35. The van der Waals surface area contributed by atoms with E-state index in [1.165, 1.54) is 9.75 Å². The summed E-state index contributed by atoms with van der Waals surface area (Å²) in [6, 6.07) is 12.4. The largest absolute Gasteiger partial charge is 0.371 e. The Hall–Kier alpha value is -1.36. The van der Waals surface area contributed by atoms with Gasteiger partial charge in [-0.15, -0.1) is 22.7 Å². The van der Waals surface area contributed by atoms with Crippen molar-refractivity contribution < 1.29 is 0 Å². The van der Waals surface area contributed by atoms with E-state index < -0.39 is 0 Å². The predicted octanol–water partition coefficient (Wildman–Crippen LogP) is 5.37. The summed E-state index contributed by atoms with van der Waals surface area (Å²) in [4.78, 5) is 6.81. The molecule has 1 N–H and O–H groups in total. The zero-order chi connectivity index (χ0) is 13.9. The Bertz CT molecular complexity index is 691. The molecule has 3 aromatic rings. The fourth-order valence-corrected chi connectivity index (χ4v) is 4.01. The van der Waals surface area contributed by atoms with Gasteiger partial charge in [-0.1, -0.05) is 17.7 Å². The van der Waals surface area contributed by atoms with Gasteiger partial charge in [-0.05, 0) is 42.6 Å². The van der Waals surface area contributed by atoms with Crippen LogP contribution in [0.3, 0.4) is 0 Å². The van der Waals surface area contributed by atoms with E-state index in [0.717, 1.165) is 15.7 Å². The molecule has 0 amide bonds. The number of hydrogen-bond donors (Lipinski definition) is 1. The zero-order valence-corrected chi connectivity index (χ0v) is 13.2. The Balaban J connectivity index is 1.97. The molecule has 1 atom stereocenters. The van der Waals surface area contributed by atoms with Gasteiger partial charge in [0.05, 0.1) is 21.8 Å². The number of nitrogens with zero attached hydrogens (tertiary/aromatic N) is 1. The van der Waals surface area contributed by atoms with Crippen LogP contribution in [0.5, 0.6) is 0 Å². The first kappa shape index (κ1) is 13.6. The van der Waals surface area contributed by atoms with Gasteiger partial charge in [-0.3, -0.25) is 4.98 Å². The predicted molar refractivity (Wildman–Crippen MR) is 88.1 cm³/mol. The van der Waals surface area contributed by atoms with Gasteiger partial charge in [-0.25, -0.2) is 0 Å². The molecule has 1 unspecified atom stereocenters. The lowest BCUT2D eigenvalue weighted by Gasteiger charge is -2.18. The molecule has 3 heterocycles. The molecule has 102 valence electrons. The number of aromatic nitrogens is 1. The first-order valence-corrected chi connectivity index (χ1v) is 8.28. The van der Waals surface area contributed by atoms with Crippen molar-refractivity contribution in [2.75, 3.05) is 5.32 Å². The van der Waals surface area contributed by atoms with Crippen LogP contribution in [0.15, 0.2) is 48.0 Å². The second-order valence-electron chi connectivity index (χ2n) is 4.37. The molecule has 0 bridgehead atoms. The zero-order valence-electron chi connectivity index (χ0n) is 10.8. The summed E-state index contributed by atoms with van der Waals surface area (Å²) in [5, 5.41) is 5.67. The minimum absolute atomic E-state index is 0.121. The van der Waals surface area contributed by atoms with Crippen LogP contribution in [0.1, 0.15) is 21.5 Å². The van der Waals surface area contributed by atoms with E-state index in [4.69, 9.17) is 11.6 Å². The minimum Gasteiger partial charge on any atom is -0.371 e. The molecule has 5 heteroatoms. The molecule has 3 aromatic heterocycles. The molecule has 0 radical (unpaired) electrons. The molecule has 0 aromatic carbocycles. The maximum absolute atomic E-state index is 6.08. The standard InChI is InChI=1S/C15H13ClN2S2/c1-10-11(4-2-8-17-10)18-15(12-5-3-9-19-12)13-6-7-14(16)20-13/h2-9,15,18H,1H3. The maximum Gasteiger partial charge on any atom is 0.0954 e. The van der Waals surface area contributed by atoms with Crippen molar-refractivity contribution in [3.63, 3.8) is 0 Å². The van der Waals surface area contributed by atoms with Crippen LogP contribution in [0.2, 0.25) is 4.34 Å². The fourth-order valence-electron chi connectivity index (χ4n) is 2.01. The topological polar surface area (TPSA) is 24.9 Å². The summed E-state index contributed by atoms with van der Waals surface area (Å²) in [5.41, 5.74) is 2.05.